The second-order valence-electron chi connectivity index (χ2n) is 6.76. The molecule has 6 heteroatoms. The molecule has 1 N–H and O–H groups in total. The van der Waals surface area contributed by atoms with Crippen molar-refractivity contribution in [2.45, 2.75) is 18.4 Å². The van der Waals surface area contributed by atoms with E-state index in [1.165, 1.54) is 0 Å². The number of piperidine rings is 1. The summed E-state index contributed by atoms with van der Waals surface area (Å²) in [5, 5.41) is 3.57. The van der Waals surface area contributed by atoms with Gasteiger partial charge in [0.1, 0.15) is 11.4 Å². The summed E-state index contributed by atoms with van der Waals surface area (Å²) in [6.07, 6.45) is 1.34. The molecule has 26 heavy (non-hydrogen) atoms. The lowest BCUT2D eigenvalue weighted by Gasteiger charge is -2.41. The van der Waals surface area contributed by atoms with Crippen LogP contribution in [0.25, 0.3) is 0 Å². The number of carbonyl (C=O) groups excluding carboxylic acids is 2. The maximum atomic E-state index is 12.7. The molecule has 134 valence electrons. The molecule has 0 bridgehead atoms. The summed E-state index contributed by atoms with van der Waals surface area (Å²) in [5.74, 6) is 0.492. The molecular formula is C20H19ClN2O3. The Hall–Kier alpha value is -2.53. The van der Waals surface area contributed by atoms with E-state index in [0.717, 1.165) is 0 Å². The SMILES string of the molecule is O=C1NCC2(CCN(C(=O)c3ccc(Cl)cc3)CC2)Oc2ccccc21. The molecule has 1 fully saturated rings. The van der Waals surface area contributed by atoms with Gasteiger partial charge >= 0.3 is 0 Å². The zero-order valence-electron chi connectivity index (χ0n) is 14.2. The lowest BCUT2D eigenvalue weighted by molar-refractivity contribution is 0.00771. The van der Waals surface area contributed by atoms with Crippen molar-refractivity contribution in [2.75, 3.05) is 19.6 Å². The number of para-hydroxylation sites is 1. The molecule has 2 aliphatic rings. The van der Waals surface area contributed by atoms with Gasteiger partial charge in [0.05, 0.1) is 12.1 Å². The maximum Gasteiger partial charge on any atom is 0.255 e. The van der Waals surface area contributed by atoms with Crippen molar-refractivity contribution in [1.82, 2.24) is 10.2 Å². The monoisotopic (exact) mass is 370 g/mol. The number of nitrogens with one attached hydrogen (secondary N) is 1. The first kappa shape index (κ1) is 16.9. The van der Waals surface area contributed by atoms with Gasteiger partial charge in [-0.25, -0.2) is 0 Å². The molecule has 0 aliphatic carbocycles. The first-order valence-corrected chi connectivity index (χ1v) is 9.05. The number of likely N-dealkylation sites (tertiary alicyclic amines) is 1. The Bertz CT molecular complexity index is 842. The highest BCUT2D eigenvalue weighted by atomic mass is 35.5. The average Bonchev–Trinajstić information content (AvgIpc) is 2.80. The lowest BCUT2D eigenvalue weighted by atomic mass is 9.90. The molecule has 0 aromatic heterocycles. The smallest absolute Gasteiger partial charge is 0.255 e. The summed E-state index contributed by atoms with van der Waals surface area (Å²) in [5.41, 5.74) is 0.716. The Morgan fingerprint density at radius 2 is 1.77 bits per heavy atom. The largest absolute Gasteiger partial charge is 0.484 e. The lowest BCUT2D eigenvalue weighted by Crippen LogP contribution is -2.54. The van der Waals surface area contributed by atoms with E-state index in [9.17, 15) is 9.59 Å². The summed E-state index contributed by atoms with van der Waals surface area (Å²) in [4.78, 5) is 26.8. The molecule has 2 amide bonds. The molecule has 2 aliphatic heterocycles. The van der Waals surface area contributed by atoms with Gasteiger partial charge in [-0.3, -0.25) is 9.59 Å². The molecule has 2 aromatic rings. The van der Waals surface area contributed by atoms with Crippen molar-refractivity contribution in [1.29, 1.82) is 0 Å². The minimum atomic E-state index is -0.473. The van der Waals surface area contributed by atoms with Crippen LogP contribution in [0, 0.1) is 0 Å². The topological polar surface area (TPSA) is 58.6 Å². The van der Waals surface area contributed by atoms with E-state index in [-0.39, 0.29) is 11.8 Å². The second-order valence-corrected chi connectivity index (χ2v) is 7.20. The van der Waals surface area contributed by atoms with Gasteiger partial charge in [0.15, 0.2) is 0 Å². The Balaban J connectivity index is 1.48. The quantitative estimate of drug-likeness (QED) is 0.839. The number of halogens is 1. The fraction of sp³-hybridized carbons (Fsp3) is 0.300. The predicted molar refractivity (Wildman–Crippen MR) is 98.7 cm³/mol. The van der Waals surface area contributed by atoms with E-state index < -0.39 is 5.60 Å². The zero-order valence-corrected chi connectivity index (χ0v) is 15.0. The van der Waals surface area contributed by atoms with Gasteiger partial charge in [-0.15, -0.1) is 0 Å². The van der Waals surface area contributed by atoms with Crippen LogP contribution in [-0.4, -0.2) is 41.9 Å². The van der Waals surface area contributed by atoms with Crippen LogP contribution in [0.3, 0.4) is 0 Å². The van der Waals surface area contributed by atoms with E-state index in [1.807, 2.05) is 23.1 Å². The summed E-state index contributed by atoms with van der Waals surface area (Å²) in [6, 6.07) is 14.2. The van der Waals surface area contributed by atoms with E-state index in [4.69, 9.17) is 16.3 Å². The van der Waals surface area contributed by atoms with Gasteiger partial charge in [-0.05, 0) is 36.4 Å². The van der Waals surface area contributed by atoms with Gasteiger partial charge in [-0.1, -0.05) is 23.7 Å². The highest BCUT2D eigenvalue weighted by Gasteiger charge is 2.40. The number of hydrogen-bond donors (Lipinski definition) is 1. The third-order valence-electron chi connectivity index (χ3n) is 5.08. The van der Waals surface area contributed by atoms with Gasteiger partial charge in [0.2, 0.25) is 0 Å². The second kappa shape index (κ2) is 6.65. The summed E-state index contributed by atoms with van der Waals surface area (Å²) in [7, 11) is 0. The van der Waals surface area contributed by atoms with Gasteiger partial charge in [0, 0.05) is 36.5 Å². The van der Waals surface area contributed by atoms with Crippen LogP contribution in [0.2, 0.25) is 5.02 Å². The molecule has 2 aromatic carbocycles. The number of benzene rings is 2. The molecule has 1 saturated heterocycles. The summed E-state index contributed by atoms with van der Waals surface area (Å²) in [6.45, 7) is 1.61. The van der Waals surface area contributed by atoms with Gasteiger partial charge in [0.25, 0.3) is 11.8 Å². The Morgan fingerprint density at radius 1 is 1.08 bits per heavy atom. The van der Waals surface area contributed by atoms with Crippen LogP contribution in [0.1, 0.15) is 33.6 Å². The molecule has 0 radical (unpaired) electrons. The third-order valence-corrected chi connectivity index (χ3v) is 5.33. The number of amides is 2. The highest BCUT2D eigenvalue weighted by molar-refractivity contribution is 6.30. The predicted octanol–water partition coefficient (Wildman–Crippen LogP) is 3.14. The van der Waals surface area contributed by atoms with Crippen molar-refractivity contribution in [3.63, 3.8) is 0 Å². The number of rotatable bonds is 1. The fourth-order valence-corrected chi connectivity index (χ4v) is 3.65. The van der Waals surface area contributed by atoms with Crippen molar-refractivity contribution in [3.05, 3.63) is 64.7 Å². The first-order chi connectivity index (χ1) is 12.6. The molecule has 0 atom stereocenters. The minimum Gasteiger partial charge on any atom is -0.484 e. The van der Waals surface area contributed by atoms with E-state index >= 15 is 0 Å². The van der Waals surface area contributed by atoms with Gasteiger partial charge < -0.3 is 15.0 Å². The van der Waals surface area contributed by atoms with Crippen LogP contribution < -0.4 is 10.1 Å². The van der Waals surface area contributed by atoms with Crippen LogP contribution in [-0.2, 0) is 0 Å². The minimum absolute atomic E-state index is 0.00502. The third kappa shape index (κ3) is 3.15. The standard InChI is InChI=1S/C20H19ClN2O3/c21-15-7-5-14(6-8-15)19(25)23-11-9-20(10-12-23)13-22-18(24)16-3-1-2-4-17(16)26-20/h1-8H,9-13H2,(H,22,24). The summed E-state index contributed by atoms with van der Waals surface area (Å²) < 4.78 is 6.27. The Kier molecular flexibility index (Phi) is 4.32. The van der Waals surface area contributed by atoms with Crippen molar-refractivity contribution in [3.8, 4) is 5.75 Å². The van der Waals surface area contributed by atoms with Crippen LogP contribution in [0.4, 0.5) is 0 Å². The van der Waals surface area contributed by atoms with Crippen LogP contribution in [0.15, 0.2) is 48.5 Å². The average molecular weight is 371 g/mol. The Morgan fingerprint density at radius 3 is 2.50 bits per heavy atom. The van der Waals surface area contributed by atoms with Crippen molar-refractivity contribution in [2.24, 2.45) is 0 Å². The van der Waals surface area contributed by atoms with Gasteiger partial charge in [-0.2, -0.15) is 0 Å². The number of nitrogens with zero attached hydrogens (tertiary/aromatic N) is 1. The highest BCUT2D eigenvalue weighted by Crippen LogP contribution is 2.33. The number of hydrogen-bond acceptors (Lipinski definition) is 3. The zero-order chi connectivity index (χ0) is 18.1. The van der Waals surface area contributed by atoms with Crippen molar-refractivity contribution >= 4 is 23.4 Å². The molecule has 1 spiro atoms. The number of ether oxygens (including phenoxy) is 1. The molecule has 0 unspecified atom stereocenters. The first-order valence-electron chi connectivity index (χ1n) is 8.67. The van der Waals surface area contributed by atoms with Crippen molar-refractivity contribution < 1.29 is 14.3 Å². The molecule has 5 nitrogen and oxygen atoms in total. The van der Waals surface area contributed by atoms with E-state index in [0.29, 0.717) is 54.4 Å². The molecule has 2 heterocycles. The fourth-order valence-electron chi connectivity index (χ4n) is 3.52. The van der Waals surface area contributed by atoms with E-state index in [1.54, 1.807) is 30.3 Å². The van der Waals surface area contributed by atoms with Crippen LogP contribution >= 0.6 is 11.6 Å². The normalized spacial score (nSPS) is 18.5. The number of carbonyl (C=O) groups is 2. The van der Waals surface area contributed by atoms with Crippen LogP contribution in [0.5, 0.6) is 5.75 Å². The molecular weight excluding hydrogens is 352 g/mol. The number of fused-ring (bicyclic) bond motifs is 1. The van der Waals surface area contributed by atoms with E-state index in [2.05, 4.69) is 5.32 Å². The molecule has 4 rings (SSSR count). The maximum absolute atomic E-state index is 12.7. The Labute approximate surface area is 156 Å². The molecule has 0 saturated carbocycles. The summed E-state index contributed by atoms with van der Waals surface area (Å²) >= 11 is 5.89.